The Bertz CT molecular complexity index is 738. The lowest BCUT2D eigenvalue weighted by atomic mass is 10.1. The molecule has 4 nitrogen and oxygen atoms in total. The van der Waals surface area contributed by atoms with Gasteiger partial charge in [-0.05, 0) is 44.5 Å². The highest BCUT2D eigenvalue weighted by Gasteiger charge is 2.34. The number of fused-ring (bicyclic) bond motifs is 1. The van der Waals surface area contributed by atoms with Gasteiger partial charge in [0.1, 0.15) is 5.03 Å². The van der Waals surface area contributed by atoms with Crippen LogP contribution in [-0.2, 0) is 0 Å². The number of Topliss-reactive ketones (excluding diaryl/α,β-unsaturated/α-hetero) is 1. The molecule has 1 aliphatic heterocycles. The van der Waals surface area contributed by atoms with Crippen molar-refractivity contribution in [3.05, 3.63) is 52.7 Å². The van der Waals surface area contributed by atoms with Crippen molar-refractivity contribution in [3.8, 4) is 0 Å². The second-order valence-electron chi connectivity index (χ2n) is 5.15. The summed E-state index contributed by atoms with van der Waals surface area (Å²) >= 11 is 1.37. The van der Waals surface area contributed by atoms with E-state index in [0.717, 1.165) is 22.0 Å². The molecule has 0 aliphatic carbocycles. The molecule has 0 spiro atoms. The normalized spacial score (nSPS) is 17.5. The number of aromatic nitrogens is 1. The van der Waals surface area contributed by atoms with Gasteiger partial charge in [-0.1, -0.05) is 29.5 Å². The van der Waals surface area contributed by atoms with E-state index in [9.17, 15) is 4.79 Å². The molecule has 5 heteroatoms. The fraction of sp³-hybridized carbons (Fsp3) is 0.250. The van der Waals surface area contributed by atoms with Crippen molar-refractivity contribution in [1.82, 2.24) is 4.98 Å². The maximum atomic E-state index is 12.4. The molecule has 0 saturated carbocycles. The van der Waals surface area contributed by atoms with Gasteiger partial charge in [-0.15, -0.1) is 0 Å². The number of benzene rings is 1. The maximum Gasteiger partial charge on any atom is 0.202 e. The summed E-state index contributed by atoms with van der Waals surface area (Å²) < 4.78 is 0. The van der Waals surface area contributed by atoms with Gasteiger partial charge < -0.3 is 0 Å². The highest BCUT2D eigenvalue weighted by molar-refractivity contribution is 8.01. The van der Waals surface area contributed by atoms with Gasteiger partial charge in [-0.2, -0.15) is 10.2 Å². The van der Waals surface area contributed by atoms with Crippen LogP contribution in [0, 0.1) is 20.8 Å². The molecule has 0 bridgehead atoms. The van der Waals surface area contributed by atoms with Crippen molar-refractivity contribution in [1.29, 1.82) is 0 Å². The summed E-state index contributed by atoms with van der Waals surface area (Å²) in [6.45, 7) is 5.88. The van der Waals surface area contributed by atoms with Gasteiger partial charge in [0.25, 0.3) is 0 Å². The van der Waals surface area contributed by atoms with Crippen molar-refractivity contribution in [3.63, 3.8) is 0 Å². The van der Waals surface area contributed by atoms with Crippen LogP contribution >= 0.6 is 11.8 Å². The van der Waals surface area contributed by atoms with Crippen molar-refractivity contribution in [2.75, 3.05) is 0 Å². The molecule has 0 saturated heterocycles. The number of thioether (sulfide) groups is 1. The number of hydrogen-bond donors (Lipinski definition) is 0. The Morgan fingerprint density at radius 2 is 1.86 bits per heavy atom. The molecule has 1 aliphatic rings. The lowest BCUT2D eigenvalue weighted by molar-refractivity contribution is 0.0991. The van der Waals surface area contributed by atoms with Gasteiger partial charge >= 0.3 is 0 Å². The second kappa shape index (κ2) is 5.41. The first-order valence-corrected chi connectivity index (χ1v) is 7.59. The number of ketones is 1. The summed E-state index contributed by atoms with van der Waals surface area (Å²) in [5, 5.41) is 8.61. The highest BCUT2D eigenvalue weighted by Crippen LogP contribution is 2.38. The molecule has 2 aromatic rings. The van der Waals surface area contributed by atoms with E-state index in [0.29, 0.717) is 5.56 Å². The molecular formula is C16H15N3OS. The van der Waals surface area contributed by atoms with E-state index >= 15 is 0 Å². The van der Waals surface area contributed by atoms with Crippen LogP contribution in [0.5, 0.6) is 0 Å². The fourth-order valence-electron chi connectivity index (χ4n) is 2.28. The number of nitrogens with zero attached hydrogens (tertiary/aromatic N) is 3. The first-order valence-electron chi connectivity index (χ1n) is 6.71. The van der Waals surface area contributed by atoms with Crippen molar-refractivity contribution < 1.29 is 4.79 Å². The quantitative estimate of drug-likeness (QED) is 0.772. The Morgan fingerprint density at radius 3 is 2.57 bits per heavy atom. The van der Waals surface area contributed by atoms with E-state index < -0.39 is 5.37 Å². The number of hydrogen-bond acceptors (Lipinski definition) is 5. The summed E-state index contributed by atoms with van der Waals surface area (Å²) in [6, 6.07) is 9.66. The SMILES string of the molecule is Cc1ccc(N=NC2Sc3nc(C)cc(C)c3C2=O)cc1. The molecule has 0 N–H and O–H groups in total. The molecule has 2 heterocycles. The van der Waals surface area contributed by atoms with E-state index in [1.165, 1.54) is 17.3 Å². The van der Waals surface area contributed by atoms with Crippen LogP contribution in [-0.4, -0.2) is 16.1 Å². The third-order valence-electron chi connectivity index (χ3n) is 3.32. The Morgan fingerprint density at radius 1 is 1.14 bits per heavy atom. The third-order valence-corrected chi connectivity index (χ3v) is 4.37. The minimum Gasteiger partial charge on any atom is -0.291 e. The van der Waals surface area contributed by atoms with E-state index in [2.05, 4.69) is 15.2 Å². The number of aryl methyl sites for hydroxylation is 3. The van der Waals surface area contributed by atoms with E-state index in [1.807, 2.05) is 51.1 Å². The van der Waals surface area contributed by atoms with Gasteiger partial charge in [0, 0.05) is 5.69 Å². The molecule has 0 amide bonds. The van der Waals surface area contributed by atoms with E-state index in [1.54, 1.807) is 0 Å². The lowest BCUT2D eigenvalue weighted by Crippen LogP contribution is -2.09. The van der Waals surface area contributed by atoms with Crippen LogP contribution < -0.4 is 0 Å². The fourth-order valence-corrected chi connectivity index (χ4v) is 3.38. The smallest absolute Gasteiger partial charge is 0.202 e. The Labute approximate surface area is 127 Å². The average molecular weight is 297 g/mol. The van der Waals surface area contributed by atoms with Crippen LogP contribution in [0.3, 0.4) is 0 Å². The number of rotatable bonds is 2. The zero-order valence-corrected chi connectivity index (χ0v) is 12.9. The zero-order valence-electron chi connectivity index (χ0n) is 12.1. The molecular weight excluding hydrogens is 282 g/mol. The van der Waals surface area contributed by atoms with Crippen LogP contribution in [0.1, 0.15) is 27.2 Å². The van der Waals surface area contributed by atoms with Crippen LogP contribution in [0.25, 0.3) is 0 Å². The van der Waals surface area contributed by atoms with Gasteiger partial charge in [0.2, 0.25) is 5.78 Å². The molecule has 1 unspecified atom stereocenters. The highest BCUT2D eigenvalue weighted by atomic mass is 32.2. The number of pyridine rings is 1. The van der Waals surface area contributed by atoms with Gasteiger partial charge in [0.05, 0.1) is 11.3 Å². The molecule has 1 aromatic carbocycles. The predicted molar refractivity (Wildman–Crippen MR) is 83.4 cm³/mol. The molecule has 3 rings (SSSR count). The Hall–Kier alpha value is -2.01. The van der Waals surface area contributed by atoms with Gasteiger partial charge in [-0.3, -0.25) is 4.79 Å². The zero-order chi connectivity index (χ0) is 15.0. The molecule has 0 radical (unpaired) electrons. The molecule has 0 fully saturated rings. The summed E-state index contributed by atoms with van der Waals surface area (Å²) in [4.78, 5) is 16.8. The van der Waals surface area contributed by atoms with E-state index in [-0.39, 0.29) is 5.78 Å². The van der Waals surface area contributed by atoms with Gasteiger partial charge in [0.15, 0.2) is 5.37 Å². The summed E-state index contributed by atoms with van der Waals surface area (Å²) in [6.07, 6.45) is 0. The van der Waals surface area contributed by atoms with Crippen LogP contribution in [0.2, 0.25) is 0 Å². The number of azo groups is 1. The monoisotopic (exact) mass is 297 g/mol. The standard InChI is InChI=1S/C16H15N3OS/c1-9-4-6-12(7-5-9)18-19-16-14(20)13-10(2)8-11(3)17-15(13)21-16/h4-8,16H,1-3H3. The Kier molecular flexibility index (Phi) is 3.59. The minimum atomic E-state index is -0.519. The van der Waals surface area contributed by atoms with Gasteiger partial charge in [-0.25, -0.2) is 4.98 Å². The largest absolute Gasteiger partial charge is 0.291 e. The average Bonchev–Trinajstić information content (AvgIpc) is 2.74. The van der Waals surface area contributed by atoms with Crippen molar-refractivity contribution in [2.45, 2.75) is 31.2 Å². The molecule has 21 heavy (non-hydrogen) atoms. The third kappa shape index (κ3) is 2.74. The Balaban J connectivity index is 1.85. The van der Waals surface area contributed by atoms with Crippen LogP contribution in [0.4, 0.5) is 5.69 Å². The minimum absolute atomic E-state index is 0.00383. The van der Waals surface area contributed by atoms with E-state index in [4.69, 9.17) is 0 Å². The lowest BCUT2D eigenvalue weighted by Gasteiger charge is -2.01. The summed E-state index contributed by atoms with van der Waals surface area (Å²) in [7, 11) is 0. The van der Waals surface area contributed by atoms with Crippen molar-refractivity contribution in [2.24, 2.45) is 10.2 Å². The summed E-state index contributed by atoms with van der Waals surface area (Å²) in [5.41, 5.74) is 4.50. The topological polar surface area (TPSA) is 54.7 Å². The molecule has 1 aromatic heterocycles. The number of carbonyl (C=O) groups is 1. The number of carbonyl (C=O) groups excluding carboxylic acids is 1. The van der Waals surface area contributed by atoms with Crippen LogP contribution in [0.15, 0.2) is 45.6 Å². The second-order valence-corrected chi connectivity index (χ2v) is 6.22. The maximum absolute atomic E-state index is 12.4. The summed E-state index contributed by atoms with van der Waals surface area (Å²) in [5.74, 6) is -0.00383. The molecule has 1 atom stereocenters. The first-order chi connectivity index (χ1) is 10.0. The predicted octanol–water partition coefficient (Wildman–Crippen LogP) is 4.41. The first kappa shape index (κ1) is 13.9. The molecule has 106 valence electrons. The van der Waals surface area contributed by atoms with Crippen molar-refractivity contribution >= 4 is 23.2 Å².